The highest BCUT2D eigenvalue weighted by Crippen LogP contribution is 2.56. The molecule has 1 atom stereocenters. The van der Waals surface area contributed by atoms with Gasteiger partial charge < -0.3 is 10.4 Å². The summed E-state index contributed by atoms with van der Waals surface area (Å²) in [6.07, 6.45) is -11.3. The van der Waals surface area contributed by atoms with Crippen LogP contribution in [0.4, 0.5) is 26.3 Å². The number of alkyl halides is 6. The molecule has 1 saturated heterocycles. The number of nitrogens with one attached hydrogen (secondary N) is 1. The SMILES string of the molecule is Cl.O=C(O)C1CNCC1(C(F)(F)F)C(F)(F)F. The Hall–Kier alpha value is -0.700. The van der Waals surface area contributed by atoms with Crippen LogP contribution in [0.1, 0.15) is 0 Å². The van der Waals surface area contributed by atoms with Gasteiger partial charge >= 0.3 is 18.3 Å². The zero-order valence-electron chi connectivity index (χ0n) is 8.02. The van der Waals surface area contributed by atoms with Crippen LogP contribution in [0.15, 0.2) is 0 Å². The maximum absolute atomic E-state index is 12.5. The summed E-state index contributed by atoms with van der Waals surface area (Å²) in [5, 5.41) is 10.3. The predicted octanol–water partition coefficient (Wildman–Crippen LogP) is 1.82. The number of hydrogen-bond donors (Lipinski definition) is 2. The lowest BCUT2D eigenvalue weighted by atomic mass is 9.76. The maximum atomic E-state index is 12.5. The molecule has 3 nitrogen and oxygen atoms in total. The molecule has 17 heavy (non-hydrogen) atoms. The van der Waals surface area contributed by atoms with Gasteiger partial charge in [-0.3, -0.25) is 4.79 Å². The molecular formula is C7H8ClF6NO2. The minimum Gasteiger partial charge on any atom is -0.481 e. The number of aliphatic carboxylic acids is 1. The Morgan fingerprint density at radius 3 is 1.82 bits per heavy atom. The Morgan fingerprint density at radius 2 is 1.59 bits per heavy atom. The van der Waals surface area contributed by atoms with Gasteiger partial charge in [0.05, 0.1) is 5.92 Å². The van der Waals surface area contributed by atoms with E-state index in [9.17, 15) is 31.1 Å². The Balaban J connectivity index is 0.00000256. The quantitative estimate of drug-likeness (QED) is 0.723. The van der Waals surface area contributed by atoms with Gasteiger partial charge in [0, 0.05) is 13.1 Å². The summed E-state index contributed by atoms with van der Waals surface area (Å²) in [5.74, 6) is -4.66. The second-order valence-electron chi connectivity index (χ2n) is 3.49. The molecule has 2 N–H and O–H groups in total. The van der Waals surface area contributed by atoms with Crippen molar-refractivity contribution in [2.24, 2.45) is 11.3 Å². The van der Waals surface area contributed by atoms with Crippen molar-refractivity contribution >= 4 is 18.4 Å². The molecule has 0 aromatic carbocycles. The number of rotatable bonds is 1. The summed E-state index contributed by atoms with van der Waals surface area (Å²) < 4.78 is 75.0. The number of carboxylic acids is 1. The molecule has 1 unspecified atom stereocenters. The first-order valence-corrected chi connectivity index (χ1v) is 4.11. The third kappa shape index (κ3) is 2.30. The third-order valence-electron chi connectivity index (χ3n) is 2.66. The largest absolute Gasteiger partial charge is 0.481 e. The molecule has 1 rings (SSSR count). The van der Waals surface area contributed by atoms with Crippen molar-refractivity contribution in [1.82, 2.24) is 5.32 Å². The van der Waals surface area contributed by atoms with Crippen LogP contribution in [0.25, 0.3) is 0 Å². The molecule has 0 aliphatic carbocycles. The first-order chi connectivity index (χ1) is 7.04. The van der Waals surface area contributed by atoms with Gasteiger partial charge in [0.15, 0.2) is 5.41 Å². The monoisotopic (exact) mass is 287 g/mol. The molecular weight excluding hydrogens is 280 g/mol. The van der Waals surface area contributed by atoms with Gasteiger partial charge in [0.1, 0.15) is 0 Å². The standard InChI is InChI=1S/C7H7F6NO2.ClH/c8-6(9,10)5(7(11,12)13)2-14-1-3(5)4(15)16;/h3,14H,1-2H2,(H,15,16);1H. The molecule has 0 radical (unpaired) electrons. The van der Waals surface area contributed by atoms with Crippen molar-refractivity contribution in [3.63, 3.8) is 0 Å². The number of halogens is 7. The number of carboxylic acid groups (broad SMARTS) is 1. The molecule has 0 amide bonds. The van der Waals surface area contributed by atoms with E-state index in [4.69, 9.17) is 5.11 Å². The van der Waals surface area contributed by atoms with Crippen LogP contribution in [0, 0.1) is 11.3 Å². The van der Waals surface area contributed by atoms with Crippen molar-refractivity contribution in [3.05, 3.63) is 0 Å². The van der Waals surface area contributed by atoms with E-state index in [0.717, 1.165) is 0 Å². The highest BCUT2D eigenvalue weighted by Gasteiger charge is 2.77. The van der Waals surface area contributed by atoms with Gasteiger partial charge in [-0.05, 0) is 0 Å². The van der Waals surface area contributed by atoms with E-state index in [1.165, 1.54) is 0 Å². The Morgan fingerprint density at radius 1 is 1.18 bits per heavy atom. The van der Waals surface area contributed by atoms with Gasteiger partial charge in [-0.1, -0.05) is 0 Å². The molecule has 0 spiro atoms. The Labute approximate surface area is 97.6 Å². The number of hydrogen-bond acceptors (Lipinski definition) is 2. The topological polar surface area (TPSA) is 49.3 Å². The van der Waals surface area contributed by atoms with Gasteiger partial charge in [-0.15, -0.1) is 12.4 Å². The fourth-order valence-electron chi connectivity index (χ4n) is 1.77. The minimum atomic E-state index is -5.65. The summed E-state index contributed by atoms with van der Waals surface area (Å²) in [6.45, 7) is -2.31. The second kappa shape index (κ2) is 4.52. The zero-order valence-corrected chi connectivity index (χ0v) is 8.84. The summed E-state index contributed by atoms with van der Waals surface area (Å²) in [7, 11) is 0. The minimum absolute atomic E-state index is 0. The Bertz CT molecular complexity index is 288. The van der Waals surface area contributed by atoms with Crippen LogP contribution < -0.4 is 5.32 Å². The molecule has 1 heterocycles. The summed E-state index contributed by atoms with van der Waals surface area (Å²) in [5.41, 5.74) is -4.20. The predicted molar refractivity (Wildman–Crippen MR) is 45.8 cm³/mol. The summed E-state index contributed by atoms with van der Waals surface area (Å²) in [6, 6.07) is 0. The lowest BCUT2D eigenvalue weighted by Crippen LogP contribution is -2.57. The van der Waals surface area contributed by atoms with Gasteiger partial charge in [0.25, 0.3) is 0 Å². The molecule has 0 saturated carbocycles. The van der Waals surface area contributed by atoms with E-state index < -0.39 is 42.7 Å². The van der Waals surface area contributed by atoms with Crippen molar-refractivity contribution in [2.45, 2.75) is 12.4 Å². The van der Waals surface area contributed by atoms with Crippen LogP contribution in [0.5, 0.6) is 0 Å². The summed E-state index contributed by atoms with van der Waals surface area (Å²) >= 11 is 0. The van der Waals surface area contributed by atoms with Crippen molar-refractivity contribution in [2.75, 3.05) is 13.1 Å². The van der Waals surface area contributed by atoms with Crippen LogP contribution in [0.2, 0.25) is 0 Å². The maximum Gasteiger partial charge on any atom is 0.405 e. The molecule has 1 fully saturated rings. The molecule has 0 aromatic rings. The zero-order chi connectivity index (χ0) is 12.8. The summed E-state index contributed by atoms with van der Waals surface area (Å²) in [4.78, 5) is 10.5. The van der Waals surface area contributed by atoms with Crippen LogP contribution in [-0.4, -0.2) is 36.5 Å². The van der Waals surface area contributed by atoms with Crippen LogP contribution in [0.3, 0.4) is 0 Å². The molecule has 102 valence electrons. The first kappa shape index (κ1) is 16.3. The van der Waals surface area contributed by atoms with E-state index in [2.05, 4.69) is 0 Å². The highest BCUT2D eigenvalue weighted by atomic mass is 35.5. The van der Waals surface area contributed by atoms with E-state index in [0.29, 0.717) is 0 Å². The average molecular weight is 288 g/mol. The lowest BCUT2D eigenvalue weighted by Gasteiger charge is -2.36. The average Bonchev–Trinajstić information content (AvgIpc) is 2.44. The van der Waals surface area contributed by atoms with Gasteiger partial charge in [-0.25, -0.2) is 0 Å². The van der Waals surface area contributed by atoms with Crippen molar-refractivity contribution in [1.29, 1.82) is 0 Å². The fraction of sp³-hybridized carbons (Fsp3) is 0.857. The molecule has 0 bridgehead atoms. The van der Waals surface area contributed by atoms with Crippen molar-refractivity contribution < 1.29 is 36.2 Å². The van der Waals surface area contributed by atoms with Crippen molar-refractivity contribution in [3.8, 4) is 0 Å². The van der Waals surface area contributed by atoms with Gasteiger partial charge in [-0.2, -0.15) is 26.3 Å². The second-order valence-corrected chi connectivity index (χ2v) is 3.49. The lowest BCUT2D eigenvalue weighted by molar-refractivity contribution is -0.344. The van der Waals surface area contributed by atoms with Crippen LogP contribution in [-0.2, 0) is 4.79 Å². The third-order valence-corrected chi connectivity index (χ3v) is 2.66. The normalized spacial score (nSPS) is 24.2. The van der Waals surface area contributed by atoms with E-state index in [-0.39, 0.29) is 12.4 Å². The molecule has 10 heteroatoms. The fourth-order valence-corrected chi connectivity index (χ4v) is 1.77. The van der Waals surface area contributed by atoms with Gasteiger partial charge in [0.2, 0.25) is 0 Å². The highest BCUT2D eigenvalue weighted by molar-refractivity contribution is 5.85. The van der Waals surface area contributed by atoms with E-state index >= 15 is 0 Å². The first-order valence-electron chi connectivity index (χ1n) is 4.11. The molecule has 1 aliphatic rings. The molecule has 1 aliphatic heterocycles. The smallest absolute Gasteiger partial charge is 0.405 e. The van der Waals surface area contributed by atoms with Crippen LogP contribution >= 0.6 is 12.4 Å². The van der Waals surface area contributed by atoms with E-state index in [1.807, 2.05) is 5.32 Å². The van der Waals surface area contributed by atoms with E-state index in [1.54, 1.807) is 0 Å². The number of carbonyl (C=O) groups is 1. The Kier molecular flexibility index (Phi) is 4.34. The molecule has 0 aromatic heterocycles.